The summed E-state index contributed by atoms with van der Waals surface area (Å²) in [6.07, 6.45) is 1.35. The van der Waals surface area contributed by atoms with Crippen LogP contribution in [-0.2, 0) is 11.2 Å². The largest absolute Gasteiger partial charge is 0.423 e. The van der Waals surface area contributed by atoms with Crippen LogP contribution in [0.25, 0.3) is 10.8 Å². The summed E-state index contributed by atoms with van der Waals surface area (Å²) in [6, 6.07) is 15.0. The van der Waals surface area contributed by atoms with Crippen LogP contribution in [-0.4, -0.2) is 23.9 Å². The molecule has 0 aromatic heterocycles. The van der Waals surface area contributed by atoms with Gasteiger partial charge in [0.1, 0.15) is 11.6 Å². The van der Waals surface area contributed by atoms with Gasteiger partial charge >= 0.3 is 5.97 Å². The van der Waals surface area contributed by atoms with Gasteiger partial charge in [0.05, 0.1) is 18.2 Å². The minimum atomic E-state index is -0.577. The lowest BCUT2D eigenvalue weighted by Crippen LogP contribution is -2.16. The molecule has 3 aromatic carbocycles. The summed E-state index contributed by atoms with van der Waals surface area (Å²) in [6.45, 7) is 0. The Balaban J connectivity index is 0.00000240. The molecule has 0 fully saturated rings. The van der Waals surface area contributed by atoms with E-state index in [1.165, 1.54) is 6.21 Å². The third kappa shape index (κ3) is 5.94. The third-order valence-corrected chi connectivity index (χ3v) is 4.32. The molecule has 0 radical (unpaired) electrons. The minimum Gasteiger partial charge on any atom is -0.423 e. The van der Waals surface area contributed by atoms with Gasteiger partial charge in [-0.25, -0.2) is 4.79 Å². The monoisotopic (exact) mass is 461 g/mol. The average molecular weight is 462 g/mol. The lowest BCUT2D eigenvalue weighted by Gasteiger charge is -2.13. The maximum atomic E-state index is 12.6. The standard InChI is InChI=1S/C21H19N5O3.2ClH/c22-19(27)10-17-16-7-5-15(20(23)24)9-14(16)6-8-18(17)29-21(28)13-3-1-12(2-4-13)11-26-25;;/h1-9,11H,10,25H2,(H2,22,27)(H3,23,24);2*1H. The molecule has 0 saturated heterocycles. The topological polar surface area (TPSA) is 158 Å². The highest BCUT2D eigenvalue weighted by molar-refractivity contribution is 6.01. The van der Waals surface area contributed by atoms with Gasteiger partial charge < -0.3 is 22.0 Å². The first kappa shape index (κ1) is 25.4. The van der Waals surface area contributed by atoms with Crippen LogP contribution in [0.4, 0.5) is 0 Å². The first-order valence-electron chi connectivity index (χ1n) is 8.63. The van der Waals surface area contributed by atoms with E-state index >= 15 is 0 Å². The number of fused-ring (bicyclic) bond motifs is 1. The van der Waals surface area contributed by atoms with E-state index in [1.807, 2.05) is 0 Å². The summed E-state index contributed by atoms with van der Waals surface area (Å²) < 4.78 is 5.55. The van der Waals surface area contributed by atoms with Crippen LogP contribution in [0.15, 0.2) is 59.7 Å². The number of halogens is 2. The molecular weight excluding hydrogens is 441 g/mol. The number of rotatable bonds is 6. The highest BCUT2D eigenvalue weighted by Gasteiger charge is 2.16. The Morgan fingerprint density at radius 1 is 0.968 bits per heavy atom. The highest BCUT2D eigenvalue weighted by atomic mass is 35.5. The minimum absolute atomic E-state index is 0. The smallest absolute Gasteiger partial charge is 0.343 e. The lowest BCUT2D eigenvalue weighted by molar-refractivity contribution is -0.117. The molecule has 1 amide bonds. The summed E-state index contributed by atoms with van der Waals surface area (Å²) in [5.41, 5.74) is 13.0. The molecule has 0 aliphatic rings. The predicted molar refractivity (Wildman–Crippen MR) is 126 cm³/mol. The number of hydrogen-bond donors (Lipinski definition) is 4. The van der Waals surface area contributed by atoms with Crippen LogP contribution >= 0.6 is 24.8 Å². The van der Waals surface area contributed by atoms with Crippen LogP contribution in [0.2, 0.25) is 0 Å². The van der Waals surface area contributed by atoms with E-state index < -0.39 is 11.9 Å². The molecule has 0 spiro atoms. The summed E-state index contributed by atoms with van der Waals surface area (Å²) in [5, 5.41) is 12.4. The van der Waals surface area contributed by atoms with Crippen molar-refractivity contribution in [2.24, 2.45) is 22.4 Å². The number of amides is 1. The first-order valence-corrected chi connectivity index (χ1v) is 8.63. The van der Waals surface area contributed by atoms with E-state index in [2.05, 4.69) is 5.10 Å². The Kier molecular flexibility index (Phi) is 8.98. The van der Waals surface area contributed by atoms with Crippen molar-refractivity contribution in [1.29, 1.82) is 5.41 Å². The molecule has 0 unspecified atom stereocenters. The van der Waals surface area contributed by atoms with Gasteiger partial charge in [0.25, 0.3) is 0 Å². The average Bonchev–Trinajstić information content (AvgIpc) is 2.69. The molecule has 7 N–H and O–H groups in total. The van der Waals surface area contributed by atoms with Gasteiger partial charge in [-0.1, -0.05) is 30.3 Å². The molecular formula is C21H21Cl2N5O3. The summed E-state index contributed by atoms with van der Waals surface area (Å²) in [7, 11) is 0. The number of nitrogens with one attached hydrogen (secondary N) is 1. The van der Waals surface area contributed by atoms with Crippen LogP contribution in [0.1, 0.15) is 27.0 Å². The van der Waals surface area contributed by atoms with E-state index in [4.69, 9.17) is 27.5 Å². The zero-order valence-electron chi connectivity index (χ0n) is 16.2. The van der Waals surface area contributed by atoms with Crippen molar-refractivity contribution in [3.63, 3.8) is 0 Å². The third-order valence-electron chi connectivity index (χ3n) is 4.32. The van der Waals surface area contributed by atoms with Crippen LogP contribution in [0, 0.1) is 5.41 Å². The van der Waals surface area contributed by atoms with Crippen molar-refractivity contribution in [3.8, 4) is 5.75 Å². The van der Waals surface area contributed by atoms with Gasteiger partial charge in [0.15, 0.2) is 0 Å². The Hall–Kier alpha value is -3.62. The second-order valence-electron chi connectivity index (χ2n) is 6.32. The van der Waals surface area contributed by atoms with Crippen molar-refractivity contribution in [2.75, 3.05) is 0 Å². The van der Waals surface area contributed by atoms with Gasteiger partial charge in [0.2, 0.25) is 5.91 Å². The molecule has 0 heterocycles. The molecule has 31 heavy (non-hydrogen) atoms. The number of carbonyl (C=O) groups is 2. The van der Waals surface area contributed by atoms with Crippen molar-refractivity contribution < 1.29 is 14.3 Å². The van der Waals surface area contributed by atoms with Gasteiger partial charge in [-0.15, -0.1) is 24.8 Å². The maximum Gasteiger partial charge on any atom is 0.343 e. The summed E-state index contributed by atoms with van der Waals surface area (Å²) in [5.74, 6) is 4.15. The van der Waals surface area contributed by atoms with Gasteiger partial charge in [-0.2, -0.15) is 5.10 Å². The highest BCUT2D eigenvalue weighted by Crippen LogP contribution is 2.30. The number of primary amides is 1. The Bertz CT molecular complexity index is 1150. The molecule has 3 rings (SSSR count). The number of ether oxygens (including phenoxy) is 1. The van der Waals surface area contributed by atoms with Crippen LogP contribution in [0.5, 0.6) is 5.75 Å². The fourth-order valence-electron chi connectivity index (χ4n) is 2.94. The fraction of sp³-hybridized carbons (Fsp3) is 0.0476. The number of carbonyl (C=O) groups excluding carboxylic acids is 2. The van der Waals surface area contributed by atoms with Crippen molar-refractivity contribution in [1.82, 2.24) is 0 Å². The number of nitrogens with two attached hydrogens (primary N) is 3. The Morgan fingerprint density at radius 3 is 2.19 bits per heavy atom. The number of hydrogen-bond acceptors (Lipinski definition) is 6. The molecule has 0 aliphatic carbocycles. The number of benzene rings is 3. The molecule has 3 aromatic rings. The van der Waals surface area contributed by atoms with Crippen molar-refractivity contribution in [3.05, 3.63) is 76.9 Å². The van der Waals surface area contributed by atoms with E-state index in [-0.39, 0.29) is 42.8 Å². The van der Waals surface area contributed by atoms with E-state index in [9.17, 15) is 9.59 Å². The Labute approximate surface area is 190 Å². The van der Waals surface area contributed by atoms with Crippen molar-refractivity contribution in [2.45, 2.75) is 6.42 Å². The van der Waals surface area contributed by atoms with E-state index in [1.54, 1.807) is 54.6 Å². The van der Waals surface area contributed by atoms with Crippen LogP contribution in [0.3, 0.4) is 0 Å². The number of amidine groups is 1. The van der Waals surface area contributed by atoms with E-state index in [0.717, 1.165) is 10.9 Å². The van der Waals surface area contributed by atoms with Crippen LogP contribution < -0.4 is 22.0 Å². The number of nitrogen functional groups attached to an aromatic ring is 1. The normalized spacial score (nSPS) is 10.2. The van der Waals surface area contributed by atoms with E-state index in [0.29, 0.717) is 22.1 Å². The molecule has 0 atom stereocenters. The molecule has 0 bridgehead atoms. The quantitative estimate of drug-likeness (QED) is 0.111. The van der Waals surface area contributed by atoms with Gasteiger partial charge in [-0.05, 0) is 40.6 Å². The van der Waals surface area contributed by atoms with Gasteiger partial charge in [-0.3, -0.25) is 10.2 Å². The second kappa shape index (κ2) is 11.0. The zero-order valence-corrected chi connectivity index (χ0v) is 17.8. The molecule has 0 saturated carbocycles. The SMILES string of the molecule is Cl.Cl.N=C(N)c1ccc2c(CC(N)=O)c(OC(=O)c3ccc(C=NN)cc3)ccc2c1. The lowest BCUT2D eigenvalue weighted by atomic mass is 9.98. The number of nitrogens with zero attached hydrogens (tertiary/aromatic N) is 1. The first-order chi connectivity index (χ1) is 13.9. The number of hydrazone groups is 1. The molecule has 10 heteroatoms. The zero-order chi connectivity index (χ0) is 21.0. The maximum absolute atomic E-state index is 12.6. The fourth-order valence-corrected chi connectivity index (χ4v) is 2.94. The molecule has 0 aliphatic heterocycles. The number of esters is 1. The Morgan fingerprint density at radius 2 is 1.61 bits per heavy atom. The second-order valence-corrected chi connectivity index (χ2v) is 6.32. The summed E-state index contributed by atoms with van der Waals surface area (Å²) >= 11 is 0. The van der Waals surface area contributed by atoms with Gasteiger partial charge in [0, 0.05) is 11.1 Å². The summed E-state index contributed by atoms with van der Waals surface area (Å²) in [4.78, 5) is 24.2. The predicted octanol–water partition coefficient (Wildman–Crippen LogP) is 2.51. The van der Waals surface area contributed by atoms with Crippen molar-refractivity contribution >= 4 is 59.5 Å². The molecule has 162 valence electrons. The molecule has 8 nitrogen and oxygen atoms in total.